The minimum absolute atomic E-state index is 0.0461. The van der Waals surface area contributed by atoms with Gasteiger partial charge in [-0.2, -0.15) is 5.10 Å². The summed E-state index contributed by atoms with van der Waals surface area (Å²) >= 11 is 0. The zero-order valence-electron chi connectivity index (χ0n) is 11.0. The minimum Gasteiger partial charge on any atom is -0.384 e. The van der Waals surface area contributed by atoms with Gasteiger partial charge >= 0.3 is 0 Å². The second kappa shape index (κ2) is 6.44. The fraction of sp³-hybridized carbons (Fsp3) is 0.364. The number of hydrogen-bond acceptors (Lipinski definition) is 6. The highest BCUT2D eigenvalue weighted by molar-refractivity contribution is 7.89. The number of pyridine rings is 1. The largest absolute Gasteiger partial charge is 0.384 e. The summed E-state index contributed by atoms with van der Waals surface area (Å²) in [6.45, 7) is 2.74. The summed E-state index contributed by atoms with van der Waals surface area (Å²) in [5.41, 5.74) is 0.534. The second-order valence-electron chi connectivity index (χ2n) is 4.06. The first kappa shape index (κ1) is 14.4. The van der Waals surface area contributed by atoms with E-state index in [1.165, 1.54) is 12.5 Å². The minimum atomic E-state index is -3.66. The van der Waals surface area contributed by atoms with Crippen LogP contribution in [0.15, 0.2) is 29.7 Å². The van der Waals surface area contributed by atoms with Crippen LogP contribution in [0.25, 0.3) is 0 Å². The molecule has 108 valence electrons. The summed E-state index contributed by atoms with van der Waals surface area (Å²) in [4.78, 5) is 7.85. The highest BCUT2D eigenvalue weighted by Crippen LogP contribution is 2.19. The van der Waals surface area contributed by atoms with E-state index in [-0.39, 0.29) is 11.4 Å². The van der Waals surface area contributed by atoms with Crippen molar-refractivity contribution in [3.63, 3.8) is 0 Å². The van der Waals surface area contributed by atoms with E-state index in [0.717, 1.165) is 6.42 Å². The highest BCUT2D eigenvalue weighted by Gasteiger charge is 2.18. The lowest BCUT2D eigenvalue weighted by Crippen LogP contribution is -2.25. The Bertz CT molecular complexity index is 641. The Morgan fingerprint density at radius 2 is 2.25 bits per heavy atom. The molecule has 20 heavy (non-hydrogen) atoms. The number of hydrogen-bond donors (Lipinski definition) is 3. The molecule has 0 saturated heterocycles. The highest BCUT2D eigenvalue weighted by atomic mass is 32.2. The van der Waals surface area contributed by atoms with E-state index in [2.05, 4.69) is 30.2 Å². The molecule has 2 aromatic rings. The molecule has 0 bridgehead atoms. The summed E-state index contributed by atoms with van der Waals surface area (Å²) in [5.74, 6) is 0.445. The smallest absolute Gasteiger partial charge is 0.244 e. The fourth-order valence-electron chi connectivity index (χ4n) is 1.56. The van der Waals surface area contributed by atoms with Crippen molar-refractivity contribution in [3.8, 4) is 0 Å². The standard InChI is InChI=1S/C11H16N6O2S/c1-2-4-13-9-3-5-12-6-10(9)20(18,19)16-7-11-14-8-15-17-11/h3,5-6,8,16H,2,4,7H2,1H3,(H,12,13)(H,14,15,17). The molecule has 0 radical (unpaired) electrons. The number of anilines is 1. The first-order chi connectivity index (χ1) is 9.63. The average Bonchev–Trinajstić information content (AvgIpc) is 2.97. The van der Waals surface area contributed by atoms with E-state index in [4.69, 9.17) is 0 Å². The van der Waals surface area contributed by atoms with Crippen molar-refractivity contribution in [2.45, 2.75) is 24.8 Å². The van der Waals surface area contributed by atoms with E-state index >= 15 is 0 Å². The number of aromatic amines is 1. The van der Waals surface area contributed by atoms with Crippen LogP contribution >= 0.6 is 0 Å². The van der Waals surface area contributed by atoms with Gasteiger partial charge in [0.25, 0.3) is 0 Å². The molecule has 0 saturated carbocycles. The molecule has 0 unspecified atom stereocenters. The lowest BCUT2D eigenvalue weighted by molar-refractivity contribution is 0.579. The van der Waals surface area contributed by atoms with Gasteiger partial charge in [-0.1, -0.05) is 6.92 Å². The maximum atomic E-state index is 12.3. The normalized spacial score (nSPS) is 11.4. The lowest BCUT2D eigenvalue weighted by Gasteiger charge is -2.11. The third kappa shape index (κ3) is 3.52. The quantitative estimate of drug-likeness (QED) is 0.686. The maximum Gasteiger partial charge on any atom is 0.244 e. The van der Waals surface area contributed by atoms with E-state index < -0.39 is 10.0 Å². The molecule has 0 aromatic carbocycles. The molecule has 2 heterocycles. The first-order valence-electron chi connectivity index (χ1n) is 6.15. The molecule has 0 aliphatic carbocycles. The van der Waals surface area contributed by atoms with Gasteiger partial charge in [0.1, 0.15) is 17.0 Å². The van der Waals surface area contributed by atoms with Crippen molar-refractivity contribution in [2.24, 2.45) is 0 Å². The van der Waals surface area contributed by atoms with E-state index in [0.29, 0.717) is 18.1 Å². The average molecular weight is 296 g/mol. The second-order valence-corrected chi connectivity index (χ2v) is 5.79. The van der Waals surface area contributed by atoms with Crippen LogP contribution in [0.1, 0.15) is 19.2 Å². The third-order valence-electron chi connectivity index (χ3n) is 2.53. The van der Waals surface area contributed by atoms with Crippen molar-refractivity contribution in [2.75, 3.05) is 11.9 Å². The number of aromatic nitrogens is 4. The van der Waals surface area contributed by atoms with Gasteiger partial charge in [-0.25, -0.2) is 18.1 Å². The zero-order chi connectivity index (χ0) is 14.4. The van der Waals surface area contributed by atoms with Crippen LogP contribution in [-0.2, 0) is 16.6 Å². The van der Waals surface area contributed by atoms with Gasteiger partial charge in [0.2, 0.25) is 10.0 Å². The lowest BCUT2D eigenvalue weighted by atomic mass is 10.4. The Balaban J connectivity index is 2.16. The van der Waals surface area contributed by atoms with Crippen LogP contribution in [-0.4, -0.2) is 35.1 Å². The van der Waals surface area contributed by atoms with Gasteiger partial charge in [0.15, 0.2) is 0 Å². The van der Waals surface area contributed by atoms with Crippen molar-refractivity contribution in [1.29, 1.82) is 0 Å². The Kier molecular flexibility index (Phi) is 4.64. The van der Waals surface area contributed by atoms with E-state index in [1.807, 2.05) is 6.92 Å². The molecule has 3 N–H and O–H groups in total. The summed E-state index contributed by atoms with van der Waals surface area (Å²) < 4.78 is 27.0. The molecule has 0 amide bonds. The molecule has 0 atom stereocenters. The molecular weight excluding hydrogens is 280 g/mol. The number of sulfonamides is 1. The van der Waals surface area contributed by atoms with Gasteiger partial charge < -0.3 is 5.32 Å². The maximum absolute atomic E-state index is 12.3. The fourth-order valence-corrected chi connectivity index (χ4v) is 2.67. The number of nitrogens with zero attached hydrogens (tertiary/aromatic N) is 3. The molecule has 8 nitrogen and oxygen atoms in total. The van der Waals surface area contributed by atoms with Crippen LogP contribution in [0.4, 0.5) is 5.69 Å². The van der Waals surface area contributed by atoms with Gasteiger partial charge in [-0.15, -0.1) is 0 Å². The molecule has 2 rings (SSSR count). The molecule has 9 heteroatoms. The summed E-state index contributed by atoms with van der Waals surface area (Å²) in [5, 5.41) is 9.32. The zero-order valence-corrected chi connectivity index (χ0v) is 11.8. The van der Waals surface area contributed by atoms with Crippen LogP contribution in [0.2, 0.25) is 0 Å². The van der Waals surface area contributed by atoms with Gasteiger partial charge in [0, 0.05) is 18.9 Å². The Morgan fingerprint density at radius 3 is 2.95 bits per heavy atom. The third-order valence-corrected chi connectivity index (χ3v) is 3.96. The predicted octanol–water partition coefficient (Wildman–Crippen LogP) is 0.500. The molecule has 0 fully saturated rings. The molecule has 2 aromatic heterocycles. The van der Waals surface area contributed by atoms with Crippen LogP contribution < -0.4 is 10.0 Å². The van der Waals surface area contributed by atoms with Crippen LogP contribution in [0, 0.1) is 0 Å². The van der Waals surface area contributed by atoms with Crippen LogP contribution in [0.3, 0.4) is 0 Å². The SMILES string of the molecule is CCCNc1ccncc1S(=O)(=O)NCc1ncn[nH]1. The van der Waals surface area contributed by atoms with Crippen molar-refractivity contribution in [3.05, 3.63) is 30.6 Å². The Morgan fingerprint density at radius 1 is 1.40 bits per heavy atom. The molecule has 0 aliphatic rings. The van der Waals surface area contributed by atoms with E-state index in [1.54, 1.807) is 12.3 Å². The summed E-state index contributed by atoms with van der Waals surface area (Å²) in [6, 6.07) is 1.64. The molecule has 0 spiro atoms. The van der Waals surface area contributed by atoms with Crippen molar-refractivity contribution >= 4 is 15.7 Å². The topological polar surface area (TPSA) is 113 Å². The Labute approximate surface area is 117 Å². The van der Waals surface area contributed by atoms with Crippen molar-refractivity contribution < 1.29 is 8.42 Å². The summed E-state index contributed by atoms with van der Waals surface area (Å²) in [6.07, 6.45) is 5.09. The monoisotopic (exact) mass is 296 g/mol. The summed E-state index contributed by atoms with van der Waals surface area (Å²) in [7, 11) is -3.66. The van der Waals surface area contributed by atoms with Crippen molar-refractivity contribution in [1.82, 2.24) is 24.9 Å². The van der Waals surface area contributed by atoms with Gasteiger partial charge in [0.05, 0.1) is 12.2 Å². The molecular formula is C11H16N6O2S. The first-order valence-corrected chi connectivity index (χ1v) is 7.63. The predicted molar refractivity (Wildman–Crippen MR) is 73.4 cm³/mol. The van der Waals surface area contributed by atoms with Crippen LogP contribution in [0.5, 0.6) is 0 Å². The molecule has 0 aliphatic heterocycles. The van der Waals surface area contributed by atoms with Gasteiger partial charge in [-0.05, 0) is 12.5 Å². The number of nitrogens with one attached hydrogen (secondary N) is 3. The van der Waals surface area contributed by atoms with Gasteiger partial charge in [-0.3, -0.25) is 10.1 Å². The number of H-pyrrole nitrogens is 1. The Hall–Kier alpha value is -2.00. The van der Waals surface area contributed by atoms with E-state index in [9.17, 15) is 8.42 Å². The number of rotatable bonds is 7.